The smallest absolute Gasteiger partial charge is 0.135 e. The van der Waals surface area contributed by atoms with Gasteiger partial charge in [-0.05, 0) is 13.1 Å². The van der Waals surface area contributed by atoms with Crippen molar-refractivity contribution in [2.24, 2.45) is 0 Å². The topological polar surface area (TPSA) is 25.4 Å². The van der Waals surface area contributed by atoms with Crippen LogP contribution in [0.2, 0.25) is 10.3 Å². The maximum atomic E-state index is 5.95. The van der Waals surface area contributed by atoms with Gasteiger partial charge in [0.25, 0.3) is 0 Å². The van der Waals surface area contributed by atoms with Crippen molar-refractivity contribution < 1.29 is 4.74 Å². The Bertz CT molecular complexity index is 320. The highest BCUT2D eigenvalue weighted by Gasteiger charge is 2.05. The second-order valence-electron chi connectivity index (χ2n) is 3.31. The Kier molecular flexibility index (Phi) is 5.32. The van der Waals surface area contributed by atoms with Crippen LogP contribution >= 0.6 is 23.2 Å². The molecule has 0 saturated heterocycles. The summed E-state index contributed by atoms with van der Waals surface area (Å²) < 4.78 is 4.99. The molecule has 0 spiro atoms. The van der Waals surface area contributed by atoms with E-state index in [1.54, 1.807) is 13.2 Å². The first-order valence-electron chi connectivity index (χ1n) is 4.62. The molecule has 3 nitrogen and oxygen atoms in total. The molecule has 15 heavy (non-hydrogen) atoms. The number of ether oxygens (including phenoxy) is 1. The van der Waals surface area contributed by atoms with E-state index >= 15 is 0 Å². The molecule has 0 bridgehead atoms. The number of pyridine rings is 1. The molecule has 5 heteroatoms. The Hall–Kier alpha value is -0.350. The lowest BCUT2D eigenvalue weighted by Crippen LogP contribution is -2.22. The molecule has 0 aliphatic rings. The number of likely N-dealkylation sites (N-methyl/N-ethyl adjacent to an activating group) is 1. The van der Waals surface area contributed by atoms with Crippen molar-refractivity contribution in [1.29, 1.82) is 0 Å². The Balaban J connectivity index is 2.56. The highest BCUT2D eigenvalue weighted by Crippen LogP contribution is 2.17. The van der Waals surface area contributed by atoms with E-state index in [4.69, 9.17) is 27.9 Å². The summed E-state index contributed by atoms with van der Waals surface area (Å²) in [4.78, 5) is 6.09. The maximum Gasteiger partial charge on any atom is 0.135 e. The molecule has 0 amide bonds. The van der Waals surface area contributed by atoms with Crippen LogP contribution in [0.5, 0.6) is 0 Å². The fraction of sp³-hybridized carbons (Fsp3) is 0.500. The van der Waals surface area contributed by atoms with Gasteiger partial charge >= 0.3 is 0 Å². The van der Waals surface area contributed by atoms with E-state index in [0.717, 1.165) is 18.7 Å². The SMILES string of the molecule is COCCN(C)Cc1ccc(Cl)nc1Cl. The minimum Gasteiger partial charge on any atom is -0.383 e. The molecule has 0 aromatic carbocycles. The van der Waals surface area contributed by atoms with Crippen LogP contribution in [-0.2, 0) is 11.3 Å². The molecule has 1 aromatic rings. The molecule has 0 N–H and O–H groups in total. The molecule has 0 radical (unpaired) electrons. The minimum atomic E-state index is 0.420. The second-order valence-corrected chi connectivity index (χ2v) is 4.06. The third-order valence-corrected chi connectivity index (χ3v) is 2.55. The van der Waals surface area contributed by atoms with Crippen molar-refractivity contribution in [1.82, 2.24) is 9.88 Å². The van der Waals surface area contributed by atoms with E-state index < -0.39 is 0 Å². The van der Waals surface area contributed by atoms with Crippen LogP contribution in [0, 0.1) is 0 Å². The molecular weight excluding hydrogens is 235 g/mol. The fourth-order valence-electron chi connectivity index (χ4n) is 1.18. The number of halogens is 2. The zero-order chi connectivity index (χ0) is 11.3. The van der Waals surface area contributed by atoms with Gasteiger partial charge in [0.15, 0.2) is 0 Å². The van der Waals surface area contributed by atoms with E-state index in [9.17, 15) is 0 Å². The molecular formula is C10H14Cl2N2O. The lowest BCUT2D eigenvalue weighted by molar-refractivity contribution is 0.158. The monoisotopic (exact) mass is 248 g/mol. The van der Waals surface area contributed by atoms with Crippen LogP contribution in [-0.4, -0.2) is 37.2 Å². The summed E-state index contributed by atoms with van der Waals surface area (Å²) in [5.41, 5.74) is 0.972. The zero-order valence-corrected chi connectivity index (χ0v) is 10.3. The predicted octanol–water partition coefficient (Wildman–Crippen LogP) is 2.47. The average molecular weight is 249 g/mol. The van der Waals surface area contributed by atoms with Crippen molar-refractivity contribution in [2.75, 3.05) is 27.3 Å². The van der Waals surface area contributed by atoms with Gasteiger partial charge in [0.1, 0.15) is 10.3 Å². The summed E-state index contributed by atoms with van der Waals surface area (Å²) in [5, 5.41) is 0.884. The maximum absolute atomic E-state index is 5.95. The average Bonchev–Trinajstić information content (AvgIpc) is 2.19. The summed E-state index contributed by atoms with van der Waals surface area (Å²) in [6.07, 6.45) is 0. The van der Waals surface area contributed by atoms with Gasteiger partial charge in [-0.15, -0.1) is 0 Å². The third-order valence-electron chi connectivity index (χ3n) is 2.01. The van der Waals surface area contributed by atoms with Gasteiger partial charge in [-0.25, -0.2) is 4.98 Å². The third kappa shape index (κ3) is 4.34. The van der Waals surface area contributed by atoms with Crippen LogP contribution in [0.15, 0.2) is 12.1 Å². The van der Waals surface area contributed by atoms with Crippen molar-refractivity contribution in [3.8, 4) is 0 Å². The Morgan fingerprint density at radius 2 is 2.13 bits per heavy atom. The lowest BCUT2D eigenvalue weighted by atomic mass is 10.2. The standard InChI is InChI=1S/C10H14Cl2N2O/c1-14(5-6-15-2)7-8-3-4-9(11)13-10(8)12/h3-4H,5-7H2,1-2H3. The van der Waals surface area contributed by atoms with Crippen molar-refractivity contribution in [3.63, 3.8) is 0 Å². The number of rotatable bonds is 5. The lowest BCUT2D eigenvalue weighted by Gasteiger charge is -2.16. The molecule has 84 valence electrons. The van der Waals surface area contributed by atoms with Crippen molar-refractivity contribution >= 4 is 23.2 Å². The molecule has 0 aliphatic carbocycles. The number of nitrogens with zero attached hydrogens (tertiary/aromatic N) is 2. The molecule has 1 aromatic heterocycles. The molecule has 0 aliphatic heterocycles. The van der Waals surface area contributed by atoms with E-state index in [-0.39, 0.29) is 0 Å². The Labute approximate surface area is 100.0 Å². The first-order valence-corrected chi connectivity index (χ1v) is 5.37. The van der Waals surface area contributed by atoms with Crippen LogP contribution < -0.4 is 0 Å². The first-order chi connectivity index (χ1) is 7.13. The highest BCUT2D eigenvalue weighted by atomic mass is 35.5. The normalized spacial score (nSPS) is 11.0. The minimum absolute atomic E-state index is 0.420. The summed E-state index contributed by atoms with van der Waals surface area (Å²) in [6.45, 7) is 2.30. The molecule has 1 heterocycles. The van der Waals surface area contributed by atoms with Crippen molar-refractivity contribution in [2.45, 2.75) is 6.54 Å². The summed E-state index contributed by atoms with van der Waals surface area (Å²) in [6, 6.07) is 3.63. The molecule has 0 atom stereocenters. The van der Waals surface area contributed by atoms with E-state index in [1.807, 2.05) is 13.1 Å². The van der Waals surface area contributed by atoms with Gasteiger partial charge < -0.3 is 4.74 Å². The molecule has 0 unspecified atom stereocenters. The zero-order valence-electron chi connectivity index (χ0n) is 8.83. The predicted molar refractivity (Wildman–Crippen MR) is 62.5 cm³/mol. The number of aromatic nitrogens is 1. The number of methoxy groups -OCH3 is 1. The largest absolute Gasteiger partial charge is 0.383 e. The Morgan fingerprint density at radius 3 is 2.73 bits per heavy atom. The fourth-order valence-corrected chi connectivity index (χ4v) is 1.58. The van der Waals surface area contributed by atoms with Gasteiger partial charge in [-0.1, -0.05) is 29.3 Å². The summed E-state index contributed by atoms with van der Waals surface area (Å²) >= 11 is 11.7. The van der Waals surface area contributed by atoms with Gasteiger partial charge in [0.05, 0.1) is 6.61 Å². The number of hydrogen-bond donors (Lipinski definition) is 0. The molecule has 0 saturated carbocycles. The van der Waals surface area contributed by atoms with Crippen LogP contribution in [0.3, 0.4) is 0 Å². The van der Waals surface area contributed by atoms with Crippen molar-refractivity contribution in [3.05, 3.63) is 28.0 Å². The van der Waals surface area contributed by atoms with Crippen LogP contribution in [0.25, 0.3) is 0 Å². The van der Waals surface area contributed by atoms with Gasteiger partial charge in [0, 0.05) is 25.8 Å². The highest BCUT2D eigenvalue weighted by molar-refractivity contribution is 6.32. The van der Waals surface area contributed by atoms with Crippen LogP contribution in [0.4, 0.5) is 0 Å². The first kappa shape index (κ1) is 12.7. The van der Waals surface area contributed by atoms with E-state index in [0.29, 0.717) is 16.9 Å². The van der Waals surface area contributed by atoms with Gasteiger partial charge in [0.2, 0.25) is 0 Å². The second kappa shape index (κ2) is 6.28. The summed E-state index contributed by atoms with van der Waals surface area (Å²) in [7, 11) is 3.69. The number of hydrogen-bond acceptors (Lipinski definition) is 3. The Morgan fingerprint density at radius 1 is 1.40 bits per heavy atom. The van der Waals surface area contributed by atoms with E-state index in [1.165, 1.54) is 0 Å². The van der Waals surface area contributed by atoms with E-state index in [2.05, 4.69) is 9.88 Å². The quantitative estimate of drug-likeness (QED) is 0.749. The molecule has 0 fully saturated rings. The van der Waals surface area contributed by atoms with Gasteiger partial charge in [-0.3, -0.25) is 4.90 Å². The molecule has 1 rings (SSSR count). The summed E-state index contributed by atoms with van der Waals surface area (Å²) in [5.74, 6) is 0. The van der Waals surface area contributed by atoms with Gasteiger partial charge in [-0.2, -0.15) is 0 Å². The van der Waals surface area contributed by atoms with Crippen LogP contribution in [0.1, 0.15) is 5.56 Å².